The Hall–Kier alpha value is -1.75. The van der Waals surface area contributed by atoms with Gasteiger partial charge < -0.3 is 4.57 Å². The minimum absolute atomic E-state index is 0.597. The van der Waals surface area contributed by atoms with Crippen molar-refractivity contribution >= 4 is 11.0 Å². The van der Waals surface area contributed by atoms with Crippen LogP contribution >= 0.6 is 0 Å². The summed E-state index contributed by atoms with van der Waals surface area (Å²) in [5, 5.41) is 0. The lowest BCUT2D eigenvalue weighted by atomic mass is 9.88. The number of rotatable bonds is 2. The SMILES string of the molecule is C#CCn1c(C2CCCCC2)nc2ccccc21. The zero-order valence-corrected chi connectivity index (χ0v) is 10.6. The number of hydrogen-bond donors (Lipinski definition) is 0. The number of benzene rings is 1. The molecule has 0 unspecified atom stereocenters. The molecule has 1 heterocycles. The Morgan fingerprint density at radius 3 is 2.78 bits per heavy atom. The highest BCUT2D eigenvalue weighted by Gasteiger charge is 2.21. The minimum Gasteiger partial charge on any atom is -0.316 e. The standard InChI is InChI=1S/C16H18N2/c1-2-12-18-15-11-7-6-10-14(15)17-16(18)13-8-4-3-5-9-13/h1,6-7,10-11,13H,3-5,8-9,12H2. The molecule has 0 N–H and O–H groups in total. The molecule has 0 amide bonds. The minimum atomic E-state index is 0.597. The normalized spacial score (nSPS) is 16.8. The van der Waals surface area contributed by atoms with Crippen molar-refractivity contribution in [2.24, 2.45) is 0 Å². The molecule has 1 fully saturated rings. The van der Waals surface area contributed by atoms with E-state index in [4.69, 9.17) is 11.4 Å². The van der Waals surface area contributed by atoms with Gasteiger partial charge in [-0.15, -0.1) is 6.42 Å². The first-order valence-corrected chi connectivity index (χ1v) is 6.79. The van der Waals surface area contributed by atoms with Gasteiger partial charge in [-0.1, -0.05) is 37.3 Å². The topological polar surface area (TPSA) is 17.8 Å². The van der Waals surface area contributed by atoms with Gasteiger partial charge in [0.2, 0.25) is 0 Å². The first-order valence-electron chi connectivity index (χ1n) is 6.79. The van der Waals surface area contributed by atoms with Crippen LogP contribution in [0.4, 0.5) is 0 Å². The molecule has 3 rings (SSSR count). The van der Waals surface area contributed by atoms with Gasteiger partial charge in [-0.3, -0.25) is 0 Å². The lowest BCUT2D eigenvalue weighted by molar-refractivity contribution is 0.421. The van der Waals surface area contributed by atoms with E-state index in [2.05, 4.69) is 28.7 Å². The maximum atomic E-state index is 5.51. The molecule has 1 aliphatic rings. The fourth-order valence-electron chi connectivity index (χ4n) is 3.02. The fraction of sp³-hybridized carbons (Fsp3) is 0.438. The summed E-state index contributed by atoms with van der Waals surface area (Å²) in [6.07, 6.45) is 12.0. The zero-order chi connectivity index (χ0) is 12.4. The van der Waals surface area contributed by atoms with Gasteiger partial charge in [0, 0.05) is 5.92 Å². The molecular weight excluding hydrogens is 220 g/mol. The highest BCUT2D eigenvalue weighted by Crippen LogP contribution is 2.33. The molecule has 1 aliphatic carbocycles. The molecular formula is C16H18N2. The molecule has 0 radical (unpaired) electrons. The van der Waals surface area contributed by atoms with Crippen LogP contribution in [-0.2, 0) is 6.54 Å². The third-order valence-corrected chi connectivity index (χ3v) is 3.90. The van der Waals surface area contributed by atoms with E-state index in [-0.39, 0.29) is 0 Å². The first kappa shape index (κ1) is 11.3. The number of fused-ring (bicyclic) bond motifs is 1. The molecule has 2 nitrogen and oxygen atoms in total. The van der Waals surface area contributed by atoms with E-state index >= 15 is 0 Å². The van der Waals surface area contributed by atoms with Crippen LogP contribution in [0.5, 0.6) is 0 Å². The second-order valence-corrected chi connectivity index (χ2v) is 5.08. The summed E-state index contributed by atoms with van der Waals surface area (Å²) in [5.41, 5.74) is 2.25. The number of imidazole rings is 1. The summed E-state index contributed by atoms with van der Waals surface area (Å²) in [7, 11) is 0. The summed E-state index contributed by atoms with van der Waals surface area (Å²) < 4.78 is 2.23. The van der Waals surface area contributed by atoms with E-state index in [0.717, 1.165) is 5.52 Å². The van der Waals surface area contributed by atoms with Crippen LogP contribution in [0.25, 0.3) is 11.0 Å². The van der Waals surface area contributed by atoms with Crippen LogP contribution in [0.3, 0.4) is 0 Å². The average Bonchev–Trinajstić information content (AvgIpc) is 2.80. The van der Waals surface area contributed by atoms with Crippen molar-refractivity contribution in [2.75, 3.05) is 0 Å². The second kappa shape index (κ2) is 4.86. The van der Waals surface area contributed by atoms with Crippen molar-refractivity contribution in [3.8, 4) is 12.3 Å². The van der Waals surface area contributed by atoms with Crippen LogP contribution in [0, 0.1) is 12.3 Å². The predicted octanol–water partition coefficient (Wildman–Crippen LogP) is 3.72. The average molecular weight is 238 g/mol. The smallest absolute Gasteiger partial charge is 0.113 e. The van der Waals surface area contributed by atoms with Crippen LogP contribution in [0.1, 0.15) is 43.8 Å². The maximum Gasteiger partial charge on any atom is 0.113 e. The third kappa shape index (κ3) is 1.90. The quantitative estimate of drug-likeness (QED) is 0.729. The predicted molar refractivity (Wildman–Crippen MR) is 74.4 cm³/mol. The Bertz CT molecular complexity index is 583. The molecule has 2 heteroatoms. The first-order chi connectivity index (χ1) is 8.90. The van der Waals surface area contributed by atoms with E-state index in [0.29, 0.717) is 12.5 Å². The number of nitrogens with zero attached hydrogens (tertiary/aromatic N) is 2. The monoisotopic (exact) mass is 238 g/mol. The lowest BCUT2D eigenvalue weighted by Gasteiger charge is -2.21. The summed E-state index contributed by atoms with van der Waals surface area (Å²) in [5.74, 6) is 4.56. The van der Waals surface area contributed by atoms with Crippen molar-refractivity contribution in [1.29, 1.82) is 0 Å². The summed E-state index contributed by atoms with van der Waals surface area (Å²) in [4.78, 5) is 4.82. The van der Waals surface area contributed by atoms with E-state index in [9.17, 15) is 0 Å². The van der Waals surface area contributed by atoms with Gasteiger partial charge in [0.25, 0.3) is 0 Å². The molecule has 1 aromatic carbocycles. The number of aromatic nitrogens is 2. The van der Waals surface area contributed by atoms with E-state index in [1.807, 2.05) is 6.07 Å². The largest absolute Gasteiger partial charge is 0.316 e. The van der Waals surface area contributed by atoms with Gasteiger partial charge in [0.15, 0.2) is 0 Å². The highest BCUT2D eigenvalue weighted by molar-refractivity contribution is 5.76. The van der Waals surface area contributed by atoms with Crippen LogP contribution in [0.15, 0.2) is 24.3 Å². The van der Waals surface area contributed by atoms with Gasteiger partial charge >= 0.3 is 0 Å². The van der Waals surface area contributed by atoms with Gasteiger partial charge in [0.05, 0.1) is 17.6 Å². The van der Waals surface area contributed by atoms with Crippen molar-refractivity contribution in [3.05, 3.63) is 30.1 Å². The highest BCUT2D eigenvalue weighted by atomic mass is 15.1. The van der Waals surface area contributed by atoms with Gasteiger partial charge in [-0.2, -0.15) is 0 Å². The summed E-state index contributed by atoms with van der Waals surface area (Å²) in [6.45, 7) is 0.631. The molecule has 18 heavy (non-hydrogen) atoms. The zero-order valence-electron chi connectivity index (χ0n) is 10.6. The summed E-state index contributed by atoms with van der Waals surface area (Å²) in [6, 6.07) is 8.29. The van der Waals surface area contributed by atoms with Crippen LogP contribution in [0.2, 0.25) is 0 Å². The molecule has 0 bridgehead atoms. The molecule has 0 atom stereocenters. The Labute approximate surface area is 108 Å². The number of terminal acetylenes is 1. The number of hydrogen-bond acceptors (Lipinski definition) is 1. The fourth-order valence-corrected chi connectivity index (χ4v) is 3.02. The van der Waals surface area contributed by atoms with E-state index < -0.39 is 0 Å². The molecule has 2 aromatic rings. The maximum absolute atomic E-state index is 5.51. The second-order valence-electron chi connectivity index (χ2n) is 5.08. The third-order valence-electron chi connectivity index (χ3n) is 3.90. The Kier molecular flexibility index (Phi) is 3.06. The van der Waals surface area contributed by atoms with E-state index in [1.54, 1.807) is 0 Å². The molecule has 1 saturated carbocycles. The summed E-state index contributed by atoms with van der Waals surface area (Å²) >= 11 is 0. The molecule has 0 saturated heterocycles. The Balaban J connectivity index is 2.09. The van der Waals surface area contributed by atoms with Crippen molar-refractivity contribution < 1.29 is 0 Å². The Morgan fingerprint density at radius 1 is 1.22 bits per heavy atom. The molecule has 92 valence electrons. The Morgan fingerprint density at radius 2 is 2.00 bits per heavy atom. The van der Waals surface area contributed by atoms with Crippen molar-refractivity contribution in [2.45, 2.75) is 44.6 Å². The van der Waals surface area contributed by atoms with Crippen LogP contribution in [-0.4, -0.2) is 9.55 Å². The lowest BCUT2D eigenvalue weighted by Crippen LogP contribution is -2.12. The van der Waals surface area contributed by atoms with Crippen molar-refractivity contribution in [1.82, 2.24) is 9.55 Å². The van der Waals surface area contributed by atoms with Gasteiger partial charge in [-0.05, 0) is 25.0 Å². The van der Waals surface area contributed by atoms with Gasteiger partial charge in [-0.25, -0.2) is 4.98 Å². The molecule has 0 spiro atoms. The van der Waals surface area contributed by atoms with Gasteiger partial charge in [0.1, 0.15) is 5.82 Å². The molecule has 1 aromatic heterocycles. The molecule has 0 aliphatic heterocycles. The van der Waals surface area contributed by atoms with E-state index in [1.165, 1.54) is 43.4 Å². The van der Waals surface area contributed by atoms with Crippen LogP contribution < -0.4 is 0 Å². The van der Waals surface area contributed by atoms with Crippen molar-refractivity contribution in [3.63, 3.8) is 0 Å². The number of para-hydroxylation sites is 2.